The van der Waals surface area contributed by atoms with Crippen molar-refractivity contribution in [2.45, 2.75) is 39.5 Å². The minimum Gasteiger partial charge on any atom is -0.468 e. The molecule has 0 amide bonds. The van der Waals surface area contributed by atoms with Gasteiger partial charge >= 0.3 is 11.9 Å². The van der Waals surface area contributed by atoms with Crippen molar-refractivity contribution in [2.24, 2.45) is 11.8 Å². The lowest BCUT2D eigenvalue weighted by molar-refractivity contribution is -0.151. The Balaban J connectivity index is 2.16. The third-order valence-corrected chi connectivity index (χ3v) is 5.82. The van der Waals surface area contributed by atoms with Crippen LogP contribution in [0.3, 0.4) is 0 Å². The number of hydrogen-bond acceptors (Lipinski definition) is 6. The molecular formula is C23H26ClNO5. The molecule has 30 heavy (non-hydrogen) atoms. The van der Waals surface area contributed by atoms with Crippen LogP contribution in [0.25, 0.3) is 0 Å². The molecule has 0 saturated heterocycles. The van der Waals surface area contributed by atoms with E-state index < -0.39 is 23.8 Å². The highest BCUT2D eigenvalue weighted by atomic mass is 35.5. The van der Waals surface area contributed by atoms with E-state index in [0.717, 1.165) is 5.70 Å². The fraction of sp³-hybridized carbons (Fsp3) is 0.435. The van der Waals surface area contributed by atoms with E-state index in [9.17, 15) is 14.4 Å². The van der Waals surface area contributed by atoms with E-state index in [1.807, 2.05) is 19.9 Å². The van der Waals surface area contributed by atoms with E-state index in [-0.39, 0.29) is 18.3 Å². The number of ether oxygens (including phenoxy) is 2. The predicted molar refractivity (Wildman–Crippen MR) is 113 cm³/mol. The largest absolute Gasteiger partial charge is 0.468 e. The zero-order chi connectivity index (χ0) is 22.0. The number of Topliss-reactive ketones (excluding diaryl/α,β-unsaturated/α-hetero) is 1. The molecule has 3 rings (SSSR count). The number of halogens is 1. The van der Waals surface area contributed by atoms with Crippen LogP contribution in [-0.4, -0.2) is 31.4 Å². The minimum absolute atomic E-state index is 0.224. The lowest BCUT2D eigenvalue weighted by atomic mass is 9.69. The third-order valence-electron chi connectivity index (χ3n) is 5.58. The highest BCUT2D eigenvalue weighted by Gasteiger charge is 2.47. The van der Waals surface area contributed by atoms with Gasteiger partial charge in [0.05, 0.1) is 19.3 Å². The standard InChI is InChI=1S/C23H26ClNO5/c1-5-9-30-23(28)18-13(3)25-16-10-12(2)17(22(27)29-4)21(26)20(16)19(18)14-7-6-8-15(24)11-14/h6-8,11-12,17,19,25H,5,9-10H2,1-4H3/t12-,17-,19+/m0/s1. The van der Waals surface area contributed by atoms with Crippen LogP contribution in [0.1, 0.15) is 45.1 Å². The summed E-state index contributed by atoms with van der Waals surface area (Å²) in [6.45, 7) is 5.84. The normalized spacial score (nSPS) is 23.6. The summed E-state index contributed by atoms with van der Waals surface area (Å²) in [5.74, 6) is -3.19. The minimum atomic E-state index is -0.913. The molecule has 1 aliphatic carbocycles. The number of esters is 2. The van der Waals surface area contributed by atoms with Crippen LogP contribution in [-0.2, 0) is 23.9 Å². The first-order valence-corrected chi connectivity index (χ1v) is 10.4. The van der Waals surface area contributed by atoms with E-state index in [1.54, 1.807) is 25.1 Å². The van der Waals surface area contributed by atoms with Gasteiger partial charge in [-0.1, -0.05) is 37.6 Å². The number of nitrogens with one attached hydrogen (secondary N) is 1. The molecule has 2 aliphatic rings. The summed E-state index contributed by atoms with van der Waals surface area (Å²) in [4.78, 5) is 38.9. The molecule has 0 unspecified atom stereocenters. The van der Waals surface area contributed by atoms with Gasteiger partial charge in [0.1, 0.15) is 5.92 Å². The third kappa shape index (κ3) is 4.01. The van der Waals surface area contributed by atoms with Crippen LogP contribution in [0.4, 0.5) is 0 Å². The molecule has 7 heteroatoms. The predicted octanol–water partition coefficient (Wildman–Crippen LogP) is 3.91. The van der Waals surface area contributed by atoms with Crippen LogP contribution < -0.4 is 5.32 Å². The van der Waals surface area contributed by atoms with Crippen LogP contribution >= 0.6 is 11.6 Å². The Labute approximate surface area is 181 Å². The van der Waals surface area contributed by atoms with Gasteiger partial charge in [-0.2, -0.15) is 0 Å². The number of methoxy groups -OCH3 is 1. The summed E-state index contributed by atoms with van der Waals surface area (Å²) in [5, 5.41) is 3.72. The Morgan fingerprint density at radius 1 is 1.30 bits per heavy atom. The average molecular weight is 432 g/mol. The molecule has 1 heterocycles. The second-order valence-corrected chi connectivity index (χ2v) is 8.16. The molecule has 1 aromatic rings. The molecule has 0 fully saturated rings. The van der Waals surface area contributed by atoms with Gasteiger partial charge in [-0.3, -0.25) is 9.59 Å². The highest BCUT2D eigenvalue weighted by molar-refractivity contribution is 6.30. The van der Waals surface area contributed by atoms with Gasteiger partial charge in [-0.05, 0) is 43.4 Å². The number of rotatable bonds is 5. The first-order chi connectivity index (χ1) is 14.3. The van der Waals surface area contributed by atoms with E-state index in [0.29, 0.717) is 40.3 Å². The lowest BCUT2D eigenvalue weighted by Crippen LogP contribution is -2.43. The van der Waals surface area contributed by atoms with E-state index in [2.05, 4.69) is 5.32 Å². The van der Waals surface area contributed by atoms with E-state index >= 15 is 0 Å². The van der Waals surface area contributed by atoms with Crippen LogP contribution in [0.15, 0.2) is 46.8 Å². The van der Waals surface area contributed by atoms with Gasteiger partial charge in [0.25, 0.3) is 0 Å². The molecular weight excluding hydrogens is 406 g/mol. The van der Waals surface area contributed by atoms with Crippen molar-refractivity contribution in [3.8, 4) is 0 Å². The van der Waals surface area contributed by atoms with Crippen LogP contribution in [0, 0.1) is 11.8 Å². The molecule has 0 aromatic heterocycles. The first-order valence-electron chi connectivity index (χ1n) is 10.1. The van der Waals surface area contributed by atoms with Gasteiger partial charge < -0.3 is 14.8 Å². The molecule has 160 valence electrons. The maximum atomic E-state index is 13.5. The molecule has 1 aromatic carbocycles. The smallest absolute Gasteiger partial charge is 0.336 e. The number of carbonyl (C=O) groups is 3. The Morgan fingerprint density at radius 2 is 2.03 bits per heavy atom. The molecule has 0 spiro atoms. The number of allylic oxidation sites excluding steroid dienone is 3. The summed E-state index contributed by atoms with van der Waals surface area (Å²) in [6, 6.07) is 7.07. The Kier molecular flexibility index (Phi) is 6.66. The van der Waals surface area contributed by atoms with Crippen molar-refractivity contribution in [3.05, 3.63) is 57.4 Å². The van der Waals surface area contributed by atoms with Gasteiger partial charge in [-0.25, -0.2) is 4.79 Å². The maximum Gasteiger partial charge on any atom is 0.336 e. The maximum absolute atomic E-state index is 13.5. The molecule has 3 atom stereocenters. The summed E-state index contributed by atoms with van der Waals surface area (Å²) in [5.41, 5.74) is 2.82. The Bertz CT molecular complexity index is 949. The Hall–Kier alpha value is -2.60. The van der Waals surface area contributed by atoms with Gasteiger partial charge in [-0.15, -0.1) is 0 Å². The number of carbonyl (C=O) groups excluding carboxylic acids is 3. The summed E-state index contributed by atoms with van der Waals surface area (Å²) >= 11 is 6.22. The van der Waals surface area contributed by atoms with Crippen molar-refractivity contribution >= 4 is 29.3 Å². The van der Waals surface area contributed by atoms with Gasteiger partial charge in [0.2, 0.25) is 0 Å². The SMILES string of the molecule is CCCOC(=O)C1=C(C)NC2=C(C(=O)[C@@H](C(=O)OC)[C@@H](C)C2)[C@@H]1c1cccc(Cl)c1. The number of ketones is 1. The van der Waals surface area contributed by atoms with Crippen molar-refractivity contribution in [1.82, 2.24) is 5.32 Å². The van der Waals surface area contributed by atoms with Crippen LogP contribution in [0.2, 0.25) is 5.02 Å². The average Bonchev–Trinajstić information content (AvgIpc) is 2.70. The van der Waals surface area contributed by atoms with E-state index in [4.69, 9.17) is 21.1 Å². The molecule has 0 saturated carbocycles. The summed E-state index contributed by atoms with van der Waals surface area (Å²) in [7, 11) is 1.28. The number of hydrogen-bond donors (Lipinski definition) is 1. The van der Waals surface area contributed by atoms with E-state index in [1.165, 1.54) is 7.11 Å². The first kappa shape index (κ1) is 22.1. The molecule has 6 nitrogen and oxygen atoms in total. The number of dihydropyridines is 1. The zero-order valence-corrected chi connectivity index (χ0v) is 18.3. The highest BCUT2D eigenvalue weighted by Crippen LogP contribution is 2.45. The topological polar surface area (TPSA) is 81.7 Å². The van der Waals surface area contributed by atoms with Gasteiger partial charge in [0, 0.05) is 27.9 Å². The summed E-state index contributed by atoms with van der Waals surface area (Å²) in [6.07, 6.45) is 1.18. The van der Waals surface area contributed by atoms with Gasteiger partial charge in [0.15, 0.2) is 5.78 Å². The second kappa shape index (κ2) is 9.04. The quantitative estimate of drug-likeness (QED) is 0.562. The van der Waals surface area contributed by atoms with Crippen LogP contribution in [0.5, 0.6) is 0 Å². The van der Waals surface area contributed by atoms with Crippen molar-refractivity contribution in [1.29, 1.82) is 0 Å². The molecule has 0 bridgehead atoms. The van der Waals surface area contributed by atoms with Crippen molar-refractivity contribution < 1.29 is 23.9 Å². The fourth-order valence-corrected chi connectivity index (χ4v) is 4.44. The molecule has 1 N–H and O–H groups in total. The molecule has 0 radical (unpaired) electrons. The van der Waals surface area contributed by atoms with Crippen molar-refractivity contribution in [3.63, 3.8) is 0 Å². The van der Waals surface area contributed by atoms with Crippen molar-refractivity contribution in [2.75, 3.05) is 13.7 Å². The molecule has 1 aliphatic heterocycles. The summed E-state index contributed by atoms with van der Waals surface area (Å²) < 4.78 is 10.3. The fourth-order valence-electron chi connectivity index (χ4n) is 4.24. The zero-order valence-electron chi connectivity index (χ0n) is 17.6. The monoisotopic (exact) mass is 431 g/mol. The number of benzene rings is 1. The second-order valence-electron chi connectivity index (χ2n) is 7.73. The Morgan fingerprint density at radius 3 is 2.67 bits per heavy atom. The lowest BCUT2D eigenvalue weighted by Gasteiger charge is -2.38.